The Morgan fingerprint density at radius 2 is 2.24 bits per heavy atom. The second-order valence-electron chi connectivity index (χ2n) is 4.13. The van der Waals surface area contributed by atoms with E-state index in [0.717, 1.165) is 0 Å². The third-order valence-electron chi connectivity index (χ3n) is 2.69. The van der Waals surface area contributed by atoms with Crippen LogP contribution in [0.2, 0.25) is 0 Å². The first-order valence-corrected chi connectivity index (χ1v) is 6.73. The summed E-state index contributed by atoms with van der Waals surface area (Å²) >= 11 is 0. The summed E-state index contributed by atoms with van der Waals surface area (Å²) in [5, 5.41) is 1.33. The summed E-state index contributed by atoms with van der Waals surface area (Å²) in [6.07, 6.45) is 1.86. The maximum atomic E-state index is 13.1. The van der Waals surface area contributed by atoms with E-state index in [0.29, 0.717) is 18.8 Å². The van der Waals surface area contributed by atoms with Crippen molar-refractivity contribution in [2.75, 3.05) is 18.0 Å². The third-order valence-corrected chi connectivity index (χ3v) is 2.69. The van der Waals surface area contributed by atoms with Gasteiger partial charge in [-0.3, -0.25) is 4.90 Å². The van der Waals surface area contributed by atoms with Gasteiger partial charge in [0.15, 0.2) is 0 Å². The average molecular weight is 296 g/mol. The van der Waals surface area contributed by atoms with Gasteiger partial charge in [0.2, 0.25) is 0 Å². The molecule has 1 saturated heterocycles. The Morgan fingerprint density at radius 3 is 2.86 bits per heavy atom. The Hall–Kier alpha value is -2.28. The molecule has 1 heterocycles. The molecule has 1 aromatic carbocycles. The van der Waals surface area contributed by atoms with E-state index in [1.807, 2.05) is 13.8 Å². The first-order chi connectivity index (χ1) is 10.1. The number of nitrogens with two attached hydrogens (primary N) is 2. The number of cyclic esters (lactones) is 1. The molecule has 4 N–H and O–H groups in total. The minimum atomic E-state index is -0.513. The molecule has 1 fully saturated rings. The molecule has 0 bridgehead atoms. The van der Waals surface area contributed by atoms with Crippen LogP contribution in [-0.2, 0) is 4.74 Å². The van der Waals surface area contributed by atoms with Crippen LogP contribution in [0.3, 0.4) is 0 Å². The number of carbonyl (C=O) groups excluding carboxylic acids is 1. The van der Waals surface area contributed by atoms with E-state index in [-0.39, 0.29) is 0 Å². The molecular formula is C14H21FN4O2. The van der Waals surface area contributed by atoms with Gasteiger partial charge < -0.3 is 15.5 Å². The molecule has 1 aliphatic heterocycles. The van der Waals surface area contributed by atoms with Gasteiger partial charge in [0, 0.05) is 12.4 Å². The number of amides is 1. The van der Waals surface area contributed by atoms with Gasteiger partial charge >= 0.3 is 6.09 Å². The number of benzene rings is 1. The van der Waals surface area contributed by atoms with Crippen molar-refractivity contribution in [3.8, 4) is 0 Å². The zero-order chi connectivity index (χ0) is 15.8. The molecule has 0 aromatic heterocycles. The van der Waals surface area contributed by atoms with Crippen LogP contribution >= 0.6 is 0 Å². The van der Waals surface area contributed by atoms with Crippen molar-refractivity contribution in [3.63, 3.8) is 0 Å². The summed E-state index contributed by atoms with van der Waals surface area (Å²) in [5.41, 5.74) is 5.67. The van der Waals surface area contributed by atoms with Crippen LogP contribution in [0.4, 0.5) is 14.9 Å². The van der Waals surface area contributed by atoms with E-state index in [2.05, 4.69) is 0 Å². The number of halogens is 1. The molecule has 2 rings (SSSR count). The number of ether oxygens (including phenoxy) is 1. The molecule has 0 aliphatic carbocycles. The topological polar surface area (TPSA) is 84.8 Å². The fourth-order valence-electron chi connectivity index (χ4n) is 1.88. The zero-order valence-electron chi connectivity index (χ0n) is 12.2. The van der Waals surface area contributed by atoms with Crippen LogP contribution in [-0.4, -0.2) is 30.3 Å². The molecule has 1 amide bonds. The van der Waals surface area contributed by atoms with Crippen LogP contribution in [0.5, 0.6) is 0 Å². The molecule has 1 aromatic rings. The highest BCUT2D eigenvalue weighted by molar-refractivity contribution is 5.89. The lowest BCUT2D eigenvalue weighted by Gasteiger charge is -2.17. The molecule has 21 heavy (non-hydrogen) atoms. The van der Waals surface area contributed by atoms with E-state index in [1.165, 1.54) is 40.5 Å². The van der Waals surface area contributed by atoms with Gasteiger partial charge in [-0.2, -0.15) is 0 Å². The number of rotatable bonds is 4. The van der Waals surface area contributed by atoms with Crippen LogP contribution in [0.25, 0.3) is 0 Å². The Morgan fingerprint density at radius 1 is 1.52 bits per heavy atom. The molecule has 1 aliphatic rings. The van der Waals surface area contributed by atoms with Gasteiger partial charge in [-0.1, -0.05) is 19.9 Å². The predicted octanol–water partition coefficient (Wildman–Crippen LogP) is 1.78. The number of hydrazine groups is 1. The molecule has 1 atom stereocenters. The van der Waals surface area contributed by atoms with Gasteiger partial charge in [0.05, 0.1) is 18.8 Å². The van der Waals surface area contributed by atoms with Crippen molar-refractivity contribution in [3.05, 3.63) is 42.5 Å². The molecule has 116 valence electrons. The SMILES string of the molecule is CC.N/C=C\N(N)CC1CN(c2cccc(F)c2)C(=O)O1. The molecule has 7 heteroatoms. The highest BCUT2D eigenvalue weighted by atomic mass is 19.1. The lowest BCUT2D eigenvalue weighted by atomic mass is 10.2. The smallest absolute Gasteiger partial charge is 0.414 e. The van der Waals surface area contributed by atoms with E-state index in [4.69, 9.17) is 16.3 Å². The maximum absolute atomic E-state index is 13.1. The molecule has 0 spiro atoms. The van der Waals surface area contributed by atoms with Gasteiger partial charge in [-0.05, 0) is 18.2 Å². The first-order valence-electron chi connectivity index (χ1n) is 6.73. The van der Waals surface area contributed by atoms with Crippen molar-refractivity contribution in [2.45, 2.75) is 20.0 Å². The summed E-state index contributed by atoms with van der Waals surface area (Å²) in [6.45, 7) is 4.62. The summed E-state index contributed by atoms with van der Waals surface area (Å²) < 4.78 is 18.3. The molecule has 6 nitrogen and oxygen atoms in total. The van der Waals surface area contributed by atoms with Gasteiger partial charge in [0.25, 0.3) is 0 Å². The number of nitrogens with zero attached hydrogens (tertiary/aromatic N) is 2. The highest BCUT2D eigenvalue weighted by Crippen LogP contribution is 2.22. The molecule has 0 radical (unpaired) electrons. The maximum Gasteiger partial charge on any atom is 0.414 e. The fourth-order valence-corrected chi connectivity index (χ4v) is 1.88. The second kappa shape index (κ2) is 8.11. The number of carbonyl (C=O) groups is 1. The minimum absolute atomic E-state index is 0.311. The first kappa shape index (κ1) is 16.8. The van der Waals surface area contributed by atoms with Gasteiger partial charge in [-0.25, -0.2) is 15.0 Å². The van der Waals surface area contributed by atoms with E-state index >= 15 is 0 Å². The van der Waals surface area contributed by atoms with Crippen LogP contribution in [0.1, 0.15) is 13.8 Å². The Bertz CT molecular complexity index is 496. The second-order valence-corrected chi connectivity index (χ2v) is 4.13. The van der Waals surface area contributed by atoms with Crippen LogP contribution in [0, 0.1) is 5.82 Å². The summed E-state index contributed by atoms with van der Waals surface area (Å²) in [6, 6.07) is 5.78. The lowest BCUT2D eigenvalue weighted by Crippen LogP contribution is -2.36. The van der Waals surface area contributed by atoms with Crippen molar-refractivity contribution in [1.29, 1.82) is 0 Å². The zero-order valence-corrected chi connectivity index (χ0v) is 12.2. The monoisotopic (exact) mass is 296 g/mol. The van der Waals surface area contributed by atoms with Crippen molar-refractivity contribution >= 4 is 11.8 Å². The highest BCUT2D eigenvalue weighted by Gasteiger charge is 2.32. The largest absolute Gasteiger partial charge is 0.442 e. The van der Waals surface area contributed by atoms with Crippen molar-refractivity contribution < 1.29 is 13.9 Å². The molecular weight excluding hydrogens is 275 g/mol. The Kier molecular flexibility index (Phi) is 6.48. The van der Waals surface area contributed by atoms with Crippen molar-refractivity contribution in [2.24, 2.45) is 11.6 Å². The van der Waals surface area contributed by atoms with E-state index in [1.54, 1.807) is 6.07 Å². The molecule has 1 unspecified atom stereocenters. The fraction of sp³-hybridized carbons (Fsp3) is 0.357. The van der Waals surface area contributed by atoms with E-state index in [9.17, 15) is 9.18 Å². The van der Waals surface area contributed by atoms with Crippen molar-refractivity contribution in [1.82, 2.24) is 5.01 Å². The van der Waals surface area contributed by atoms with E-state index < -0.39 is 18.0 Å². The Labute approximate surface area is 123 Å². The summed E-state index contributed by atoms with van der Waals surface area (Å²) in [4.78, 5) is 13.1. The third kappa shape index (κ3) is 4.64. The average Bonchev–Trinajstić information content (AvgIpc) is 2.82. The summed E-state index contributed by atoms with van der Waals surface area (Å²) in [5.74, 6) is 5.21. The van der Waals surface area contributed by atoms with Crippen LogP contribution < -0.4 is 16.5 Å². The standard InChI is InChI=1S/C12H15FN4O2.C2H6/c13-9-2-1-3-10(6-9)17-8-11(19-12(17)18)7-16(15)5-4-14;1-2/h1-6,11H,7-8,14-15H2;1-2H3/b5-4-;. The molecule has 0 saturated carbocycles. The van der Waals surface area contributed by atoms with Crippen LogP contribution in [0.15, 0.2) is 36.7 Å². The number of hydrogen-bond donors (Lipinski definition) is 2. The Balaban J connectivity index is 0.00000106. The number of hydrogen-bond acceptors (Lipinski definition) is 5. The van der Waals surface area contributed by atoms with Gasteiger partial charge in [-0.15, -0.1) is 0 Å². The summed E-state index contributed by atoms with van der Waals surface area (Å²) in [7, 11) is 0. The quantitative estimate of drug-likeness (QED) is 0.653. The lowest BCUT2D eigenvalue weighted by molar-refractivity contribution is 0.122. The normalized spacial score (nSPS) is 17.4. The predicted molar refractivity (Wildman–Crippen MR) is 79.6 cm³/mol. The number of anilines is 1. The minimum Gasteiger partial charge on any atom is -0.442 e. The van der Waals surface area contributed by atoms with Gasteiger partial charge in [0.1, 0.15) is 11.9 Å².